The van der Waals surface area contributed by atoms with E-state index in [1.165, 1.54) is 12.1 Å². The van der Waals surface area contributed by atoms with Crippen LogP contribution < -0.4 is 10.1 Å². The van der Waals surface area contributed by atoms with Gasteiger partial charge in [0.05, 0.1) is 6.04 Å². The lowest BCUT2D eigenvalue weighted by Crippen LogP contribution is -2.48. The van der Waals surface area contributed by atoms with Gasteiger partial charge in [-0.2, -0.15) is 13.2 Å². The molecule has 1 amide bonds. The maximum Gasteiger partial charge on any atom is 0.422 e. The minimum Gasteiger partial charge on any atom is -0.484 e. The molecule has 0 fully saturated rings. The first kappa shape index (κ1) is 19.8. The number of amides is 1. The lowest BCUT2D eigenvalue weighted by molar-refractivity contribution is -0.153. The molecule has 2 atom stereocenters. The molecule has 1 N–H and O–H groups in total. The number of hydrogen-bond donors (Lipinski definition) is 1. The second-order valence-electron chi connectivity index (χ2n) is 5.96. The molecular weight excluding hydrogens is 347 g/mol. The van der Waals surface area contributed by atoms with Crippen molar-refractivity contribution in [2.24, 2.45) is 4.99 Å². The summed E-state index contributed by atoms with van der Waals surface area (Å²) in [5.41, 5.74) is 1.79. The SMILES string of the molecule is CCC(=O)NC1N=CC=C(C)N1C(C)c1ccc(OCC(F)(F)F)cc1. The van der Waals surface area contributed by atoms with E-state index in [2.05, 4.69) is 10.3 Å². The molecule has 0 radical (unpaired) electrons. The Hall–Kier alpha value is -2.51. The molecule has 1 heterocycles. The maximum absolute atomic E-state index is 12.2. The minimum atomic E-state index is -4.37. The first-order chi connectivity index (χ1) is 12.2. The Balaban J connectivity index is 2.12. The molecule has 1 aromatic carbocycles. The summed E-state index contributed by atoms with van der Waals surface area (Å²) < 4.78 is 41.4. The van der Waals surface area contributed by atoms with Gasteiger partial charge in [-0.3, -0.25) is 4.79 Å². The van der Waals surface area contributed by atoms with Gasteiger partial charge in [-0.05, 0) is 37.6 Å². The predicted octanol–water partition coefficient (Wildman–Crippen LogP) is 3.79. The third-order valence-electron chi connectivity index (χ3n) is 4.01. The first-order valence-electron chi connectivity index (χ1n) is 8.28. The number of halogens is 3. The Morgan fingerprint density at radius 1 is 1.35 bits per heavy atom. The van der Waals surface area contributed by atoms with Gasteiger partial charge in [0.2, 0.25) is 5.91 Å². The van der Waals surface area contributed by atoms with Crippen molar-refractivity contribution in [1.82, 2.24) is 10.2 Å². The molecule has 2 unspecified atom stereocenters. The van der Waals surface area contributed by atoms with Crippen LogP contribution in [0.1, 0.15) is 38.8 Å². The molecule has 2 rings (SSSR count). The molecule has 1 aliphatic rings. The Labute approximate surface area is 150 Å². The molecule has 0 saturated heterocycles. The Morgan fingerprint density at radius 2 is 2.00 bits per heavy atom. The van der Waals surface area contributed by atoms with Crippen LogP contribution in [0.25, 0.3) is 0 Å². The van der Waals surface area contributed by atoms with E-state index < -0.39 is 19.1 Å². The number of aliphatic imine (C=N–C) groups is 1. The highest BCUT2D eigenvalue weighted by molar-refractivity contribution is 5.77. The van der Waals surface area contributed by atoms with Crippen molar-refractivity contribution in [3.63, 3.8) is 0 Å². The van der Waals surface area contributed by atoms with E-state index in [0.29, 0.717) is 6.42 Å². The van der Waals surface area contributed by atoms with E-state index in [-0.39, 0.29) is 17.7 Å². The zero-order valence-corrected chi connectivity index (χ0v) is 14.9. The van der Waals surface area contributed by atoms with E-state index in [0.717, 1.165) is 11.3 Å². The normalized spacial score (nSPS) is 18.3. The molecule has 0 aliphatic carbocycles. The van der Waals surface area contributed by atoms with Crippen LogP contribution in [0.5, 0.6) is 5.75 Å². The predicted molar refractivity (Wildman–Crippen MR) is 92.7 cm³/mol. The minimum absolute atomic E-state index is 0.116. The lowest BCUT2D eigenvalue weighted by Gasteiger charge is -2.38. The summed E-state index contributed by atoms with van der Waals surface area (Å²) in [5.74, 6) is 0.0352. The van der Waals surface area contributed by atoms with E-state index in [1.807, 2.05) is 24.8 Å². The third kappa shape index (κ3) is 5.24. The summed E-state index contributed by atoms with van der Waals surface area (Å²) >= 11 is 0. The summed E-state index contributed by atoms with van der Waals surface area (Å²) in [6, 6.07) is 6.27. The van der Waals surface area contributed by atoms with Crippen LogP contribution in [0.15, 0.2) is 41.0 Å². The number of benzene rings is 1. The van der Waals surface area contributed by atoms with Crippen LogP contribution >= 0.6 is 0 Å². The fourth-order valence-corrected chi connectivity index (χ4v) is 2.62. The fourth-order valence-electron chi connectivity index (χ4n) is 2.62. The smallest absolute Gasteiger partial charge is 0.422 e. The highest BCUT2D eigenvalue weighted by Crippen LogP contribution is 2.29. The van der Waals surface area contributed by atoms with Crippen LogP contribution in [0, 0.1) is 0 Å². The van der Waals surface area contributed by atoms with Gasteiger partial charge in [0.15, 0.2) is 12.9 Å². The quantitative estimate of drug-likeness (QED) is 0.830. The van der Waals surface area contributed by atoms with E-state index in [1.54, 1.807) is 25.3 Å². The Bertz CT molecular complexity index is 684. The lowest BCUT2D eigenvalue weighted by atomic mass is 10.1. The summed E-state index contributed by atoms with van der Waals surface area (Å²) in [5, 5.41) is 2.85. The summed E-state index contributed by atoms with van der Waals surface area (Å²) in [6.45, 7) is 4.29. The average molecular weight is 369 g/mol. The fraction of sp³-hybridized carbons (Fsp3) is 0.444. The molecule has 5 nitrogen and oxygen atoms in total. The molecule has 142 valence electrons. The summed E-state index contributed by atoms with van der Waals surface area (Å²) in [7, 11) is 0. The van der Waals surface area contributed by atoms with Gasteiger partial charge in [-0.15, -0.1) is 0 Å². The van der Waals surface area contributed by atoms with Gasteiger partial charge in [-0.25, -0.2) is 4.99 Å². The number of carbonyl (C=O) groups is 1. The van der Waals surface area contributed by atoms with Crippen molar-refractivity contribution >= 4 is 12.1 Å². The number of ether oxygens (including phenoxy) is 1. The van der Waals surface area contributed by atoms with Crippen molar-refractivity contribution in [1.29, 1.82) is 0 Å². The molecule has 0 bridgehead atoms. The number of nitrogens with zero attached hydrogens (tertiary/aromatic N) is 2. The van der Waals surface area contributed by atoms with Crippen molar-refractivity contribution in [2.75, 3.05) is 6.61 Å². The molecular formula is C18H22F3N3O2. The molecule has 0 saturated carbocycles. The molecule has 0 aromatic heterocycles. The highest BCUT2D eigenvalue weighted by Gasteiger charge is 2.29. The van der Waals surface area contributed by atoms with Gasteiger partial charge >= 0.3 is 6.18 Å². The van der Waals surface area contributed by atoms with E-state index >= 15 is 0 Å². The molecule has 0 spiro atoms. The van der Waals surface area contributed by atoms with Crippen LogP contribution in [-0.2, 0) is 4.79 Å². The number of allylic oxidation sites excluding steroid dienone is 2. The van der Waals surface area contributed by atoms with Crippen LogP contribution in [0.4, 0.5) is 13.2 Å². The monoisotopic (exact) mass is 369 g/mol. The summed E-state index contributed by atoms with van der Waals surface area (Å²) in [4.78, 5) is 18.0. The van der Waals surface area contributed by atoms with Gasteiger partial charge in [0.25, 0.3) is 0 Å². The van der Waals surface area contributed by atoms with Gasteiger partial charge in [-0.1, -0.05) is 19.1 Å². The number of hydrogen-bond acceptors (Lipinski definition) is 4. The van der Waals surface area contributed by atoms with Crippen molar-refractivity contribution in [3.05, 3.63) is 41.6 Å². The van der Waals surface area contributed by atoms with Crippen molar-refractivity contribution < 1.29 is 22.7 Å². The maximum atomic E-state index is 12.2. The number of carbonyl (C=O) groups excluding carboxylic acids is 1. The number of nitrogens with one attached hydrogen (secondary N) is 1. The van der Waals surface area contributed by atoms with Crippen molar-refractivity contribution in [2.45, 2.75) is 45.7 Å². The molecule has 8 heteroatoms. The molecule has 1 aromatic rings. The number of alkyl halides is 3. The topological polar surface area (TPSA) is 53.9 Å². The summed E-state index contributed by atoms with van der Waals surface area (Å²) in [6.07, 6.45) is -1.06. The Kier molecular flexibility index (Phi) is 6.28. The van der Waals surface area contributed by atoms with Gasteiger partial charge in [0.1, 0.15) is 5.75 Å². The zero-order chi connectivity index (χ0) is 19.3. The number of rotatable bonds is 6. The third-order valence-corrected chi connectivity index (χ3v) is 4.01. The van der Waals surface area contributed by atoms with E-state index in [4.69, 9.17) is 4.74 Å². The largest absolute Gasteiger partial charge is 0.484 e. The first-order valence-corrected chi connectivity index (χ1v) is 8.28. The average Bonchev–Trinajstić information content (AvgIpc) is 2.59. The van der Waals surface area contributed by atoms with Crippen LogP contribution in [-0.4, -0.2) is 36.1 Å². The Morgan fingerprint density at radius 3 is 2.58 bits per heavy atom. The zero-order valence-electron chi connectivity index (χ0n) is 14.9. The van der Waals surface area contributed by atoms with Crippen LogP contribution in [0.2, 0.25) is 0 Å². The highest BCUT2D eigenvalue weighted by atomic mass is 19.4. The van der Waals surface area contributed by atoms with E-state index in [9.17, 15) is 18.0 Å². The standard InChI is InChI=1S/C18H22F3N3O2/c1-4-16(25)23-17-22-10-9-12(2)24(17)13(3)14-5-7-15(8-6-14)26-11-18(19,20)21/h5-10,13,17H,4,11H2,1-3H3,(H,23,25). The van der Waals surface area contributed by atoms with Gasteiger partial charge < -0.3 is 15.0 Å². The van der Waals surface area contributed by atoms with Gasteiger partial charge in [0, 0.05) is 18.3 Å². The molecule has 26 heavy (non-hydrogen) atoms. The van der Waals surface area contributed by atoms with Crippen LogP contribution in [0.3, 0.4) is 0 Å². The second kappa shape index (κ2) is 8.25. The van der Waals surface area contributed by atoms with Crippen molar-refractivity contribution in [3.8, 4) is 5.75 Å². The molecule has 1 aliphatic heterocycles. The second-order valence-corrected chi connectivity index (χ2v) is 5.96.